The average Bonchev–Trinajstić information content (AvgIpc) is 3.06. The van der Waals surface area contributed by atoms with E-state index in [0.717, 1.165) is 0 Å². The van der Waals surface area contributed by atoms with Crippen LogP contribution < -0.4 is 20.9 Å². The van der Waals surface area contributed by atoms with Gasteiger partial charge in [0.1, 0.15) is 11.0 Å². The van der Waals surface area contributed by atoms with E-state index in [-0.39, 0.29) is 29.0 Å². The van der Waals surface area contributed by atoms with Gasteiger partial charge in [0.05, 0.1) is 28.8 Å². The summed E-state index contributed by atoms with van der Waals surface area (Å²) in [7, 11) is -3.59. The van der Waals surface area contributed by atoms with Gasteiger partial charge in [-0.3, -0.25) is 4.90 Å². The minimum absolute atomic E-state index is 0.0249. The number of hydrazine groups is 1. The Kier molecular flexibility index (Phi) is 4.16. The molecule has 9 nitrogen and oxygen atoms in total. The van der Waals surface area contributed by atoms with Crippen LogP contribution in [0.25, 0.3) is 0 Å². The fraction of sp³-hybridized carbons (Fsp3) is 0.857. The molecule has 0 aromatic carbocycles. The third-order valence-electron chi connectivity index (χ3n) is 5.41. The molecule has 2 heterocycles. The van der Waals surface area contributed by atoms with E-state index in [1.54, 1.807) is 16.7 Å². The van der Waals surface area contributed by atoms with Gasteiger partial charge in [0.15, 0.2) is 0 Å². The Labute approximate surface area is 151 Å². The standard InChI is InChI=1S/C14H22N6O3S2/c1-8-17-18-13(24-8)20-11-6-9(2-3-10(11)16-12(20)21)25(22,23)19-14(7-15)4-5-14/h8-11,13,17-19H,2-6H2,1H3,(H,16,21). The van der Waals surface area contributed by atoms with Crippen molar-refractivity contribution in [2.45, 2.75) is 72.8 Å². The highest BCUT2D eigenvalue weighted by molar-refractivity contribution is 8.00. The molecule has 11 heteroatoms. The number of carbonyl (C=O) groups excluding carboxylic acids is 1. The monoisotopic (exact) mass is 386 g/mol. The van der Waals surface area contributed by atoms with Crippen LogP contribution in [0, 0.1) is 11.3 Å². The van der Waals surface area contributed by atoms with E-state index in [9.17, 15) is 13.2 Å². The van der Waals surface area contributed by atoms with Crippen molar-refractivity contribution in [2.24, 2.45) is 0 Å². The number of hydrogen-bond acceptors (Lipinski definition) is 7. The molecule has 2 amide bonds. The van der Waals surface area contributed by atoms with Gasteiger partial charge in [0, 0.05) is 0 Å². The highest BCUT2D eigenvalue weighted by atomic mass is 32.2. The second kappa shape index (κ2) is 5.99. The highest BCUT2D eigenvalue weighted by Gasteiger charge is 2.52. The fourth-order valence-electron chi connectivity index (χ4n) is 3.83. The Morgan fingerprint density at radius 3 is 2.72 bits per heavy atom. The lowest BCUT2D eigenvalue weighted by atomic mass is 9.90. The van der Waals surface area contributed by atoms with Gasteiger partial charge in [-0.2, -0.15) is 9.98 Å². The van der Waals surface area contributed by atoms with Crippen molar-refractivity contribution < 1.29 is 13.2 Å². The van der Waals surface area contributed by atoms with E-state index in [1.807, 2.05) is 6.92 Å². The third kappa shape index (κ3) is 3.10. The molecular formula is C14H22N6O3S2. The van der Waals surface area contributed by atoms with Gasteiger partial charge >= 0.3 is 6.03 Å². The number of fused-ring (bicyclic) bond motifs is 1. The minimum atomic E-state index is -3.59. The van der Waals surface area contributed by atoms with E-state index >= 15 is 0 Å². The van der Waals surface area contributed by atoms with Crippen LogP contribution in [0.1, 0.15) is 39.0 Å². The number of hydrogen-bond donors (Lipinski definition) is 4. The molecule has 4 fully saturated rings. The van der Waals surface area contributed by atoms with E-state index in [0.29, 0.717) is 32.1 Å². The van der Waals surface area contributed by atoms with Crippen molar-refractivity contribution in [1.82, 2.24) is 25.8 Å². The SMILES string of the molecule is CC1NNC(N2C(=O)NC3CCC(S(=O)(=O)NC4(C#N)CC4)CC32)S1. The number of sulfonamides is 1. The summed E-state index contributed by atoms with van der Waals surface area (Å²) in [6.45, 7) is 2.00. The van der Waals surface area contributed by atoms with Crippen LogP contribution in [0.5, 0.6) is 0 Å². The maximum Gasteiger partial charge on any atom is 0.319 e. The minimum Gasteiger partial charge on any atom is -0.333 e. The highest BCUT2D eigenvalue weighted by Crippen LogP contribution is 2.39. The van der Waals surface area contributed by atoms with Crippen LogP contribution in [0.3, 0.4) is 0 Å². The largest absolute Gasteiger partial charge is 0.333 e. The normalized spacial score (nSPS) is 39.6. The molecule has 5 unspecified atom stereocenters. The van der Waals surface area contributed by atoms with Crippen LogP contribution in [-0.2, 0) is 10.0 Å². The molecule has 0 spiro atoms. The van der Waals surface area contributed by atoms with Crippen LogP contribution in [0.4, 0.5) is 4.79 Å². The van der Waals surface area contributed by atoms with Gasteiger partial charge in [0.2, 0.25) is 10.0 Å². The zero-order valence-electron chi connectivity index (χ0n) is 13.9. The van der Waals surface area contributed by atoms with Gasteiger partial charge in [-0.1, -0.05) is 0 Å². The molecule has 4 rings (SSSR count). The lowest BCUT2D eigenvalue weighted by Crippen LogP contribution is -2.53. The maximum absolute atomic E-state index is 12.7. The van der Waals surface area contributed by atoms with Crippen LogP contribution in [0.2, 0.25) is 0 Å². The summed E-state index contributed by atoms with van der Waals surface area (Å²) in [4.78, 5) is 14.1. The number of amides is 2. The first-order valence-electron chi connectivity index (χ1n) is 8.53. The number of carbonyl (C=O) groups is 1. The topological polar surface area (TPSA) is 126 Å². The summed E-state index contributed by atoms with van der Waals surface area (Å²) in [5.41, 5.74) is 5.05. The van der Waals surface area contributed by atoms with E-state index in [4.69, 9.17) is 5.26 Å². The number of rotatable bonds is 4. The molecule has 138 valence electrons. The van der Waals surface area contributed by atoms with Crippen molar-refractivity contribution >= 4 is 27.8 Å². The molecule has 0 aromatic rings. The molecule has 25 heavy (non-hydrogen) atoms. The molecule has 2 aliphatic carbocycles. The predicted octanol–water partition coefficient (Wildman–Crippen LogP) is -0.253. The lowest BCUT2D eigenvalue weighted by Gasteiger charge is -2.36. The Morgan fingerprint density at radius 2 is 2.12 bits per heavy atom. The number of thioether (sulfide) groups is 1. The molecule has 0 bridgehead atoms. The summed E-state index contributed by atoms with van der Waals surface area (Å²) in [6.07, 6.45) is 2.64. The number of nitrogens with zero attached hydrogens (tertiary/aromatic N) is 2. The van der Waals surface area contributed by atoms with E-state index < -0.39 is 20.8 Å². The Hall–Kier alpha value is -1.06. The molecule has 5 atom stereocenters. The van der Waals surface area contributed by atoms with Gasteiger partial charge in [0.25, 0.3) is 0 Å². The number of nitriles is 1. The number of nitrogens with one attached hydrogen (secondary N) is 4. The van der Waals surface area contributed by atoms with Crippen molar-refractivity contribution in [3.8, 4) is 6.07 Å². The summed E-state index contributed by atoms with van der Waals surface area (Å²) in [5, 5.41) is 11.7. The average molecular weight is 387 g/mol. The zero-order chi connectivity index (χ0) is 17.8. The van der Waals surface area contributed by atoms with Crippen LogP contribution in [-0.4, -0.2) is 53.1 Å². The zero-order valence-corrected chi connectivity index (χ0v) is 15.5. The Morgan fingerprint density at radius 1 is 1.36 bits per heavy atom. The van der Waals surface area contributed by atoms with Crippen molar-refractivity contribution in [1.29, 1.82) is 5.26 Å². The molecule has 0 radical (unpaired) electrons. The summed E-state index contributed by atoms with van der Waals surface area (Å²) in [5.74, 6) is 0. The van der Waals surface area contributed by atoms with Crippen LogP contribution in [0.15, 0.2) is 0 Å². The van der Waals surface area contributed by atoms with Crippen molar-refractivity contribution in [3.05, 3.63) is 0 Å². The molecule has 4 N–H and O–H groups in total. The molecule has 2 aliphatic heterocycles. The fourth-order valence-corrected chi connectivity index (χ4v) is 6.73. The van der Waals surface area contributed by atoms with Crippen molar-refractivity contribution in [2.75, 3.05) is 0 Å². The van der Waals surface area contributed by atoms with Crippen molar-refractivity contribution in [3.63, 3.8) is 0 Å². The first kappa shape index (κ1) is 17.4. The third-order valence-corrected chi connectivity index (χ3v) is 8.52. The molecule has 4 aliphatic rings. The van der Waals surface area contributed by atoms with Crippen LogP contribution >= 0.6 is 11.8 Å². The predicted molar refractivity (Wildman–Crippen MR) is 92.3 cm³/mol. The molecule has 2 saturated carbocycles. The summed E-state index contributed by atoms with van der Waals surface area (Å²) in [6, 6.07) is 1.72. The second-order valence-corrected chi connectivity index (χ2v) is 10.6. The van der Waals surface area contributed by atoms with E-state index in [1.165, 1.54) is 0 Å². The molecule has 2 saturated heterocycles. The molecule has 0 aromatic heterocycles. The summed E-state index contributed by atoms with van der Waals surface area (Å²) < 4.78 is 28.1. The number of urea groups is 1. The second-order valence-electron chi connectivity index (χ2n) is 7.23. The van der Waals surface area contributed by atoms with E-state index in [2.05, 4.69) is 27.0 Å². The van der Waals surface area contributed by atoms with Gasteiger partial charge in [-0.15, -0.1) is 11.8 Å². The smallest absolute Gasteiger partial charge is 0.319 e. The molecular weight excluding hydrogens is 364 g/mol. The van der Waals surface area contributed by atoms with Gasteiger partial charge in [-0.05, 0) is 39.0 Å². The Balaban J connectivity index is 1.50. The quantitative estimate of drug-likeness (QED) is 0.525. The van der Waals surface area contributed by atoms with Gasteiger partial charge < -0.3 is 5.32 Å². The first-order chi connectivity index (χ1) is 11.8. The Bertz CT molecular complexity index is 719. The first-order valence-corrected chi connectivity index (χ1v) is 11.0. The lowest BCUT2D eigenvalue weighted by molar-refractivity contribution is 0.171. The van der Waals surface area contributed by atoms with Gasteiger partial charge in [-0.25, -0.2) is 24.1 Å². The summed E-state index contributed by atoms with van der Waals surface area (Å²) >= 11 is 1.59. The maximum atomic E-state index is 12.7.